The summed E-state index contributed by atoms with van der Waals surface area (Å²) in [5.74, 6) is 0.907. The van der Waals surface area contributed by atoms with Crippen molar-refractivity contribution in [2.75, 3.05) is 40.0 Å². The molecule has 0 unspecified atom stereocenters. The Kier molecular flexibility index (Phi) is 6.04. The first-order valence-electron chi connectivity index (χ1n) is 9.43. The van der Waals surface area contributed by atoms with E-state index in [1.54, 1.807) is 7.11 Å². The van der Waals surface area contributed by atoms with Crippen molar-refractivity contribution in [2.45, 2.75) is 32.7 Å². The Labute approximate surface area is 155 Å². The van der Waals surface area contributed by atoms with E-state index in [1.807, 2.05) is 18.2 Å². The second-order valence-electron chi connectivity index (χ2n) is 7.32. The minimum atomic E-state index is -0.777. The molecule has 0 amide bonds. The highest BCUT2D eigenvalue weighted by Crippen LogP contribution is 2.43. The number of nitrogens with zero attached hydrogens (tertiary/aromatic N) is 1. The van der Waals surface area contributed by atoms with Gasteiger partial charge in [-0.25, -0.2) is 0 Å². The summed E-state index contributed by atoms with van der Waals surface area (Å²) < 4.78 is 17.0. The highest BCUT2D eigenvalue weighted by atomic mass is 16.5. The van der Waals surface area contributed by atoms with Crippen LogP contribution < -0.4 is 9.47 Å². The number of hydrogen-bond acceptors (Lipinski definition) is 5. The van der Waals surface area contributed by atoms with E-state index >= 15 is 0 Å². The number of unbranched alkanes of at least 4 members (excludes halogenated alkanes) is 1. The molecule has 0 bridgehead atoms. The Morgan fingerprint density at radius 2 is 2.31 bits per heavy atom. The minimum Gasteiger partial charge on any atom is -0.493 e. The van der Waals surface area contributed by atoms with Crippen LogP contribution in [-0.4, -0.2) is 56.0 Å². The topological polar surface area (TPSA) is 68.2 Å². The first-order chi connectivity index (χ1) is 12.6. The number of fused-ring (bicyclic) bond motifs is 1. The maximum Gasteiger partial charge on any atom is 0.313 e. The number of para-hydroxylation sites is 1. The van der Waals surface area contributed by atoms with Crippen molar-refractivity contribution in [3.05, 3.63) is 23.8 Å². The fraction of sp³-hybridized carbons (Fsp3) is 0.650. The maximum atomic E-state index is 11.9. The average Bonchev–Trinajstić information content (AvgIpc) is 3.02. The van der Waals surface area contributed by atoms with Crippen LogP contribution in [0.3, 0.4) is 0 Å². The van der Waals surface area contributed by atoms with Gasteiger partial charge in [0.1, 0.15) is 5.41 Å². The van der Waals surface area contributed by atoms with Gasteiger partial charge >= 0.3 is 5.97 Å². The van der Waals surface area contributed by atoms with E-state index in [4.69, 9.17) is 14.2 Å². The molecule has 1 aromatic carbocycles. The van der Waals surface area contributed by atoms with Gasteiger partial charge in [0.15, 0.2) is 11.5 Å². The molecule has 2 aliphatic heterocycles. The molecule has 2 aliphatic rings. The zero-order valence-electron chi connectivity index (χ0n) is 15.7. The molecule has 26 heavy (non-hydrogen) atoms. The fourth-order valence-corrected chi connectivity index (χ4v) is 4.08. The van der Waals surface area contributed by atoms with Crippen molar-refractivity contribution >= 4 is 5.97 Å². The molecule has 0 spiro atoms. The summed E-state index contributed by atoms with van der Waals surface area (Å²) in [4.78, 5) is 14.2. The molecular formula is C20H29NO5. The summed E-state index contributed by atoms with van der Waals surface area (Å²) in [6.07, 6.45) is 2.86. The summed E-state index contributed by atoms with van der Waals surface area (Å²) in [7, 11) is 1.65. The smallest absolute Gasteiger partial charge is 0.313 e. The summed E-state index contributed by atoms with van der Waals surface area (Å²) >= 11 is 0. The van der Waals surface area contributed by atoms with Crippen LogP contribution in [0.25, 0.3) is 0 Å². The largest absolute Gasteiger partial charge is 0.493 e. The molecule has 2 saturated heterocycles. The molecular weight excluding hydrogens is 334 g/mol. The zero-order valence-corrected chi connectivity index (χ0v) is 15.7. The predicted octanol–water partition coefficient (Wildman–Crippen LogP) is 2.80. The molecule has 0 radical (unpaired) electrons. The van der Waals surface area contributed by atoms with Crippen molar-refractivity contribution < 1.29 is 24.1 Å². The monoisotopic (exact) mass is 363 g/mol. The lowest BCUT2D eigenvalue weighted by molar-refractivity contribution is -0.159. The maximum absolute atomic E-state index is 11.9. The molecule has 0 aliphatic carbocycles. The van der Waals surface area contributed by atoms with Gasteiger partial charge in [-0.15, -0.1) is 0 Å². The standard InChI is InChI=1S/C20H29NO5/c1-3-4-9-26-18-15(6-5-7-17(18)24-2)11-21-12-16-8-10-25-14-20(16,13-21)19(22)23/h5-7,16H,3-4,8-14H2,1-2H3,(H,22,23)/t16-,20+/m0/s1. The third-order valence-corrected chi connectivity index (χ3v) is 5.58. The molecule has 2 atom stereocenters. The summed E-state index contributed by atoms with van der Waals surface area (Å²) in [5.41, 5.74) is 0.265. The SMILES string of the molecule is CCCCOc1c(CN2C[C@@H]3CCOC[C@]3(C(=O)O)C2)cccc1OC. The third kappa shape index (κ3) is 3.67. The van der Waals surface area contributed by atoms with E-state index in [2.05, 4.69) is 11.8 Å². The zero-order chi connectivity index (χ0) is 18.6. The minimum absolute atomic E-state index is 0.142. The molecule has 0 aromatic heterocycles. The number of rotatable bonds is 8. The molecule has 2 heterocycles. The van der Waals surface area contributed by atoms with Crippen LogP contribution in [0, 0.1) is 11.3 Å². The Balaban J connectivity index is 1.77. The van der Waals surface area contributed by atoms with Gasteiger partial charge in [-0.05, 0) is 24.8 Å². The fourth-order valence-electron chi connectivity index (χ4n) is 4.08. The molecule has 3 rings (SSSR count). The van der Waals surface area contributed by atoms with Crippen molar-refractivity contribution in [3.63, 3.8) is 0 Å². The molecule has 1 aromatic rings. The van der Waals surface area contributed by atoms with Crippen LogP contribution in [0.15, 0.2) is 18.2 Å². The predicted molar refractivity (Wildman–Crippen MR) is 97.7 cm³/mol. The lowest BCUT2D eigenvalue weighted by Crippen LogP contribution is -2.46. The van der Waals surface area contributed by atoms with Gasteiger partial charge in [-0.1, -0.05) is 25.5 Å². The second kappa shape index (κ2) is 8.27. The van der Waals surface area contributed by atoms with Crippen molar-refractivity contribution in [2.24, 2.45) is 11.3 Å². The Bertz CT molecular complexity index is 635. The average molecular weight is 363 g/mol. The number of aliphatic carboxylic acids is 1. The van der Waals surface area contributed by atoms with Crippen molar-refractivity contribution in [3.8, 4) is 11.5 Å². The number of methoxy groups -OCH3 is 1. The number of likely N-dealkylation sites (tertiary alicyclic amines) is 1. The van der Waals surface area contributed by atoms with Gasteiger partial charge in [-0.3, -0.25) is 9.69 Å². The van der Waals surface area contributed by atoms with Gasteiger partial charge in [0.05, 0.1) is 20.3 Å². The lowest BCUT2D eigenvalue weighted by atomic mass is 9.76. The van der Waals surface area contributed by atoms with Crippen LogP contribution in [-0.2, 0) is 16.1 Å². The molecule has 144 valence electrons. The van der Waals surface area contributed by atoms with Gasteiger partial charge < -0.3 is 19.3 Å². The van der Waals surface area contributed by atoms with Gasteiger partial charge in [0.25, 0.3) is 0 Å². The summed E-state index contributed by atoms with van der Waals surface area (Å²) in [6.45, 7) is 5.69. The Hall–Kier alpha value is -1.79. The number of benzene rings is 1. The van der Waals surface area contributed by atoms with Gasteiger partial charge in [0.2, 0.25) is 0 Å². The lowest BCUT2D eigenvalue weighted by Gasteiger charge is -2.34. The molecule has 6 nitrogen and oxygen atoms in total. The highest BCUT2D eigenvalue weighted by molar-refractivity contribution is 5.76. The third-order valence-electron chi connectivity index (χ3n) is 5.58. The van der Waals surface area contributed by atoms with E-state index < -0.39 is 11.4 Å². The van der Waals surface area contributed by atoms with E-state index in [0.29, 0.717) is 32.9 Å². The first-order valence-corrected chi connectivity index (χ1v) is 9.43. The molecule has 0 saturated carbocycles. The van der Waals surface area contributed by atoms with Gasteiger partial charge in [0, 0.05) is 31.8 Å². The van der Waals surface area contributed by atoms with E-state index in [9.17, 15) is 9.90 Å². The number of carbonyl (C=O) groups is 1. The first kappa shape index (κ1) is 19.0. The number of carboxylic acids is 1. The van der Waals surface area contributed by atoms with Crippen molar-refractivity contribution in [1.82, 2.24) is 4.90 Å². The summed E-state index contributed by atoms with van der Waals surface area (Å²) in [6, 6.07) is 5.90. The number of carboxylic acid groups (broad SMARTS) is 1. The van der Waals surface area contributed by atoms with Crippen LogP contribution in [0.5, 0.6) is 11.5 Å². The molecule has 2 fully saturated rings. The van der Waals surface area contributed by atoms with Gasteiger partial charge in [-0.2, -0.15) is 0 Å². The quantitative estimate of drug-likeness (QED) is 0.717. The highest BCUT2D eigenvalue weighted by Gasteiger charge is 2.54. The van der Waals surface area contributed by atoms with Crippen LogP contribution in [0.4, 0.5) is 0 Å². The van der Waals surface area contributed by atoms with Crippen LogP contribution in [0.1, 0.15) is 31.7 Å². The van der Waals surface area contributed by atoms with Crippen LogP contribution in [0.2, 0.25) is 0 Å². The number of ether oxygens (including phenoxy) is 3. The van der Waals surface area contributed by atoms with Crippen molar-refractivity contribution in [1.29, 1.82) is 0 Å². The second-order valence-corrected chi connectivity index (χ2v) is 7.32. The summed E-state index contributed by atoms with van der Waals surface area (Å²) in [5, 5.41) is 9.81. The van der Waals surface area contributed by atoms with E-state index in [1.165, 1.54) is 0 Å². The molecule has 6 heteroatoms. The Morgan fingerprint density at radius 3 is 3.00 bits per heavy atom. The number of hydrogen-bond donors (Lipinski definition) is 1. The molecule has 1 N–H and O–H groups in total. The normalized spacial score (nSPS) is 25.7. The van der Waals surface area contributed by atoms with E-state index in [-0.39, 0.29) is 5.92 Å². The van der Waals surface area contributed by atoms with Crippen LogP contribution >= 0.6 is 0 Å². The van der Waals surface area contributed by atoms with E-state index in [0.717, 1.165) is 42.9 Å². The Morgan fingerprint density at radius 1 is 1.46 bits per heavy atom.